The highest BCUT2D eigenvalue weighted by molar-refractivity contribution is 9.10. The lowest BCUT2D eigenvalue weighted by Crippen LogP contribution is -2.55. The van der Waals surface area contributed by atoms with Crippen molar-refractivity contribution in [2.45, 2.75) is 25.4 Å². The van der Waals surface area contributed by atoms with Gasteiger partial charge in [0.25, 0.3) is 0 Å². The molecule has 108 valence electrons. The zero-order valence-electron chi connectivity index (χ0n) is 12.0. The topological polar surface area (TPSA) is 31.7 Å². The maximum atomic E-state index is 5.71. The Labute approximate surface area is 124 Å². The Morgan fingerprint density at radius 1 is 1.47 bits per heavy atom. The van der Waals surface area contributed by atoms with Crippen molar-refractivity contribution in [2.75, 3.05) is 40.3 Å². The summed E-state index contributed by atoms with van der Waals surface area (Å²) in [7, 11) is 4.39. The summed E-state index contributed by atoms with van der Waals surface area (Å²) in [6, 6.07) is 2.65. The first-order valence-corrected chi connectivity index (χ1v) is 7.77. The number of nitrogens with zero attached hydrogens (tertiary/aromatic N) is 2. The lowest BCUT2D eigenvalue weighted by Gasteiger charge is -2.41. The molecule has 0 radical (unpaired) electrons. The van der Waals surface area contributed by atoms with Gasteiger partial charge in [0, 0.05) is 25.7 Å². The lowest BCUT2D eigenvalue weighted by molar-refractivity contribution is 0.0812. The summed E-state index contributed by atoms with van der Waals surface area (Å²) < 4.78 is 6.76. The average Bonchev–Trinajstić information content (AvgIpc) is 2.80. The maximum Gasteiger partial charge on any atom is 0.136 e. The molecule has 1 aromatic heterocycles. The van der Waals surface area contributed by atoms with Crippen LogP contribution in [0.25, 0.3) is 0 Å². The van der Waals surface area contributed by atoms with Gasteiger partial charge in [-0.25, -0.2) is 0 Å². The number of hydrogen-bond acceptors (Lipinski definition) is 4. The summed E-state index contributed by atoms with van der Waals surface area (Å²) in [5, 5.41) is 3.64. The maximum absolute atomic E-state index is 5.71. The standard InChI is InChI=1S/C14H24BrN3O/c1-4-6-16-13(14-11(15)5-9-19-14)12-10-17(2)7-8-18(12)3/h5,9,12-13,16H,4,6-8,10H2,1-3H3. The number of piperazine rings is 1. The van der Waals surface area contributed by atoms with Gasteiger partial charge in [-0.15, -0.1) is 0 Å². The molecule has 1 aliphatic rings. The number of rotatable bonds is 5. The predicted molar refractivity (Wildman–Crippen MR) is 81.4 cm³/mol. The van der Waals surface area contributed by atoms with E-state index >= 15 is 0 Å². The van der Waals surface area contributed by atoms with Crippen LogP contribution in [0.4, 0.5) is 0 Å². The summed E-state index contributed by atoms with van der Waals surface area (Å²) in [5.41, 5.74) is 0. The Morgan fingerprint density at radius 2 is 2.26 bits per heavy atom. The van der Waals surface area contributed by atoms with Gasteiger partial charge >= 0.3 is 0 Å². The van der Waals surface area contributed by atoms with Crippen LogP contribution in [-0.2, 0) is 0 Å². The molecule has 0 saturated carbocycles. The van der Waals surface area contributed by atoms with E-state index in [1.807, 2.05) is 6.07 Å². The summed E-state index contributed by atoms with van der Waals surface area (Å²) >= 11 is 3.59. The fraction of sp³-hybridized carbons (Fsp3) is 0.714. The van der Waals surface area contributed by atoms with E-state index < -0.39 is 0 Å². The summed E-state index contributed by atoms with van der Waals surface area (Å²) in [5.74, 6) is 1.01. The van der Waals surface area contributed by atoms with Crippen LogP contribution in [0.1, 0.15) is 25.1 Å². The van der Waals surface area contributed by atoms with E-state index in [1.54, 1.807) is 6.26 Å². The molecule has 1 fully saturated rings. The minimum atomic E-state index is 0.233. The third-order valence-electron chi connectivity index (χ3n) is 3.83. The zero-order chi connectivity index (χ0) is 13.8. The van der Waals surface area contributed by atoms with Crippen LogP contribution in [0.2, 0.25) is 0 Å². The molecule has 1 aliphatic heterocycles. The van der Waals surface area contributed by atoms with Crippen LogP contribution in [-0.4, -0.2) is 56.1 Å². The summed E-state index contributed by atoms with van der Waals surface area (Å²) in [4.78, 5) is 4.82. The van der Waals surface area contributed by atoms with Gasteiger partial charge in [0.15, 0.2) is 0 Å². The van der Waals surface area contributed by atoms with Crippen LogP contribution < -0.4 is 5.32 Å². The van der Waals surface area contributed by atoms with Gasteiger partial charge in [-0.2, -0.15) is 0 Å². The van der Waals surface area contributed by atoms with Crippen LogP contribution in [0.15, 0.2) is 21.2 Å². The molecular weight excluding hydrogens is 306 g/mol. The quantitative estimate of drug-likeness (QED) is 0.898. The smallest absolute Gasteiger partial charge is 0.136 e. The predicted octanol–water partition coefficient (Wildman–Crippen LogP) is 2.33. The van der Waals surface area contributed by atoms with Crippen LogP contribution in [0.3, 0.4) is 0 Å². The highest BCUT2D eigenvalue weighted by Gasteiger charge is 2.33. The summed E-state index contributed by atoms with van der Waals surface area (Å²) in [6.07, 6.45) is 2.88. The Kier molecular flexibility index (Phi) is 5.45. The number of nitrogens with one attached hydrogen (secondary N) is 1. The molecule has 0 bridgehead atoms. The van der Waals surface area contributed by atoms with E-state index in [1.165, 1.54) is 0 Å². The van der Waals surface area contributed by atoms with E-state index in [9.17, 15) is 0 Å². The normalized spacial score (nSPS) is 23.7. The van der Waals surface area contributed by atoms with Crippen LogP contribution in [0.5, 0.6) is 0 Å². The van der Waals surface area contributed by atoms with Crippen molar-refractivity contribution in [1.82, 2.24) is 15.1 Å². The highest BCUT2D eigenvalue weighted by atomic mass is 79.9. The van der Waals surface area contributed by atoms with Crippen LogP contribution in [0, 0.1) is 0 Å². The van der Waals surface area contributed by atoms with Gasteiger partial charge in [0.1, 0.15) is 5.76 Å². The number of halogens is 1. The molecule has 0 aliphatic carbocycles. The van der Waals surface area contributed by atoms with Crippen molar-refractivity contribution < 1.29 is 4.42 Å². The molecule has 1 N–H and O–H groups in total. The molecule has 19 heavy (non-hydrogen) atoms. The van der Waals surface area contributed by atoms with Crippen molar-refractivity contribution in [2.24, 2.45) is 0 Å². The molecule has 0 aromatic carbocycles. The Morgan fingerprint density at radius 3 is 2.89 bits per heavy atom. The van der Waals surface area contributed by atoms with Gasteiger partial charge in [-0.1, -0.05) is 6.92 Å². The van der Waals surface area contributed by atoms with Crippen molar-refractivity contribution in [3.63, 3.8) is 0 Å². The Balaban J connectivity index is 2.19. The van der Waals surface area contributed by atoms with Gasteiger partial charge in [-0.3, -0.25) is 4.90 Å². The minimum Gasteiger partial charge on any atom is -0.466 e. The highest BCUT2D eigenvalue weighted by Crippen LogP contribution is 2.30. The van der Waals surface area contributed by atoms with Crippen molar-refractivity contribution in [1.29, 1.82) is 0 Å². The fourth-order valence-corrected chi connectivity index (χ4v) is 3.08. The molecule has 0 spiro atoms. The first kappa shape index (κ1) is 15.0. The van der Waals surface area contributed by atoms with E-state index in [-0.39, 0.29) is 6.04 Å². The second kappa shape index (κ2) is 6.88. The average molecular weight is 330 g/mol. The third kappa shape index (κ3) is 3.60. The SMILES string of the molecule is CCCNC(c1occc1Br)C1CN(C)CCN1C. The van der Waals surface area contributed by atoms with E-state index in [4.69, 9.17) is 4.42 Å². The van der Waals surface area contributed by atoms with Gasteiger partial charge < -0.3 is 14.6 Å². The molecule has 5 heteroatoms. The van der Waals surface area contributed by atoms with Crippen molar-refractivity contribution >= 4 is 15.9 Å². The van der Waals surface area contributed by atoms with Crippen molar-refractivity contribution in [3.05, 3.63) is 22.6 Å². The third-order valence-corrected chi connectivity index (χ3v) is 4.48. The lowest BCUT2D eigenvalue weighted by atomic mass is 10.0. The van der Waals surface area contributed by atoms with Gasteiger partial charge in [-0.05, 0) is 49.1 Å². The molecule has 4 nitrogen and oxygen atoms in total. The second-order valence-electron chi connectivity index (χ2n) is 5.37. The Hall–Kier alpha value is -0.360. The molecule has 1 saturated heterocycles. The van der Waals surface area contributed by atoms with Crippen LogP contribution >= 0.6 is 15.9 Å². The largest absolute Gasteiger partial charge is 0.466 e. The molecule has 2 heterocycles. The van der Waals surface area contributed by atoms with E-state index in [0.29, 0.717) is 6.04 Å². The molecule has 2 rings (SSSR count). The number of hydrogen-bond donors (Lipinski definition) is 1. The zero-order valence-corrected chi connectivity index (χ0v) is 13.6. The van der Waals surface area contributed by atoms with E-state index in [2.05, 4.69) is 52.1 Å². The molecule has 2 unspecified atom stereocenters. The Bertz CT molecular complexity index is 396. The number of likely N-dealkylation sites (N-methyl/N-ethyl adjacent to an activating group) is 2. The van der Waals surface area contributed by atoms with Gasteiger partial charge in [0.2, 0.25) is 0 Å². The van der Waals surface area contributed by atoms with Gasteiger partial charge in [0.05, 0.1) is 16.8 Å². The second-order valence-corrected chi connectivity index (χ2v) is 6.23. The van der Waals surface area contributed by atoms with Crippen molar-refractivity contribution in [3.8, 4) is 0 Å². The minimum absolute atomic E-state index is 0.233. The monoisotopic (exact) mass is 329 g/mol. The number of furan rings is 1. The van der Waals surface area contributed by atoms with E-state index in [0.717, 1.165) is 42.8 Å². The first-order chi connectivity index (χ1) is 9.13. The summed E-state index contributed by atoms with van der Waals surface area (Å²) in [6.45, 7) is 6.49. The first-order valence-electron chi connectivity index (χ1n) is 6.98. The molecule has 0 amide bonds. The molecular formula is C14H24BrN3O. The fourth-order valence-electron chi connectivity index (χ4n) is 2.63. The molecule has 2 atom stereocenters. The molecule has 1 aromatic rings.